The summed E-state index contributed by atoms with van der Waals surface area (Å²) < 4.78 is 28.5. The minimum atomic E-state index is -3.66. The number of nitrogens with zero attached hydrogens (tertiary/aromatic N) is 4. The predicted octanol–water partition coefficient (Wildman–Crippen LogP) is 1.65. The molecule has 1 atom stereocenters. The van der Waals surface area contributed by atoms with Gasteiger partial charge in [-0.1, -0.05) is 23.5 Å². The van der Waals surface area contributed by atoms with Crippen LogP contribution in [0.5, 0.6) is 0 Å². The van der Waals surface area contributed by atoms with Crippen LogP contribution < -0.4 is 5.32 Å². The van der Waals surface area contributed by atoms with Crippen molar-refractivity contribution in [1.82, 2.24) is 15.1 Å². The highest BCUT2D eigenvalue weighted by atomic mass is 32.2. The molecule has 2 aliphatic rings. The van der Waals surface area contributed by atoms with Gasteiger partial charge < -0.3 is 10.2 Å². The zero-order chi connectivity index (χ0) is 18.3. The molecular formula is C16H17N5O3S2. The maximum Gasteiger partial charge on any atom is 0.285 e. The van der Waals surface area contributed by atoms with Crippen molar-refractivity contribution in [3.05, 3.63) is 34.8 Å². The lowest BCUT2D eigenvalue weighted by atomic mass is 9.96. The third-order valence-electron chi connectivity index (χ3n) is 4.46. The number of rotatable bonds is 2. The van der Waals surface area contributed by atoms with Crippen LogP contribution in [0.25, 0.3) is 0 Å². The van der Waals surface area contributed by atoms with Crippen LogP contribution in [0.4, 0.5) is 5.13 Å². The summed E-state index contributed by atoms with van der Waals surface area (Å²) in [7, 11) is -3.66. The molecule has 1 aromatic carbocycles. The van der Waals surface area contributed by atoms with Gasteiger partial charge in [-0.3, -0.25) is 4.79 Å². The molecule has 0 bridgehead atoms. The Morgan fingerprint density at radius 1 is 1.31 bits per heavy atom. The van der Waals surface area contributed by atoms with Crippen LogP contribution in [0.3, 0.4) is 0 Å². The molecule has 3 heterocycles. The first kappa shape index (κ1) is 17.1. The Balaban J connectivity index is 1.53. The summed E-state index contributed by atoms with van der Waals surface area (Å²) in [5, 5.41) is 11.9. The standard InChI is InChI=1S/C16H17N5O3S2/c1-10-18-19-16(25-10)17-15(22)11-5-4-8-21(9-11)14-12-6-2-3-7-13(12)26(23,24)20-14/h2-3,6-7,11H,4-5,8-9H2,1H3,(H,17,19,22)/t11-/m0/s1. The van der Waals surface area contributed by atoms with Gasteiger partial charge in [0.05, 0.1) is 5.92 Å². The van der Waals surface area contributed by atoms with Crippen LogP contribution in [0, 0.1) is 12.8 Å². The monoisotopic (exact) mass is 391 g/mol. The molecular weight excluding hydrogens is 374 g/mol. The Hall–Kier alpha value is -2.33. The summed E-state index contributed by atoms with van der Waals surface area (Å²) in [5.74, 6) is 0.0524. The molecule has 26 heavy (non-hydrogen) atoms. The van der Waals surface area contributed by atoms with Gasteiger partial charge in [-0.05, 0) is 31.9 Å². The zero-order valence-electron chi connectivity index (χ0n) is 14.0. The fraction of sp³-hybridized carbons (Fsp3) is 0.375. The maximum atomic E-state index is 12.6. The van der Waals surface area contributed by atoms with Crippen molar-refractivity contribution in [3.8, 4) is 0 Å². The number of nitrogens with one attached hydrogen (secondary N) is 1. The van der Waals surface area contributed by atoms with Gasteiger partial charge >= 0.3 is 0 Å². The van der Waals surface area contributed by atoms with E-state index < -0.39 is 10.0 Å². The van der Waals surface area contributed by atoms with E-state index in [1.807, 2.05) is 11.8 Å². The number of aryl methyl sites for hydroxylation is 1. The van der Waals surface area contributed by atoms with E-state index in [0.717, 1.165) is 17.8 Å². The molecule has 0 aliphatic carbocycles. The van der Waals surface area contributed by atoms with Crippen molar-refractivity contribution >= 4 is 38.2 Å². The lowest BCUT2D eigenvalue weighted by molar-refractivity contribution is -0.121. The Bertz CT molecular complexity index is 999. The van der Waals surface area contributed by atoms with Crippen LogP contribution in [0.2, 0.25) is 0 Å². The zero-order valence-corrected chi connectivity index (χ0v) is 15.7. The van der Waals surface area contributed by atoms with Crippen molar-refractivity contribution in [2.24, 2.45) is 10.3 Å². The van der Waals surface area contributed by atoms with E-state index in [9.17, 15) is 13.2 Å². The number of likely N-dealkylation sites (tertiary alicyclic amines) is 1. The molecule has 0 spiro atoms. The largest absolute Gasteiger partial charge is 0.355 e. The smallest absolute Gasteiger partial charge is 0.285 e. The molecule has 0 unspecified atom stereocenters. The lowest BCUT2D eigenvalue weighted by Crippen LogP contribution is -2.43. The summed E-state index contributed by atoms with van der Waals surface area (Å²) >= 11 is 1.33. The molecule has 1 N–H and O–H groups in total. The number of carbonyl (C=O) groups is 1. The fourth-order valence-corrected chi connectivity index (χ4v) is 5.08. The number of hydrogen-bond donors (Lipinski definition) is 1. The second kappa shape index (κ2) is 6.44. The number of anilines is 1. The van der Waals surface area contributed by atoms with E-state index >= 15 is 0 Å². The first-order chi connectivity index (χ1) is 12.4. The van der Waals surface area contributed by atoms with Gasteiger partial charge in [0, 0.05) is 18.7 Å². The van der Waals surface area contributed by atoms with E-state index in [4.69, 9.17) is 0 Å². The van der Waals surface area contributed by atoms with Gasteiger partial charge in [-0.15, -0.1) is 14.6 Å². The minimum Gasteiger partial charge on any atom is -0.355 e. The van der Waals surface area contributed by atoms with E-state index in [1.165, 1.54) is 11.3 Å². The SMILES string of the molecule is Cc1nnc(NC(=O)[C@H]2CCCN(C3=NS(=O)(=O)c4ccccc43)C2)s1. The molecule has 2 aliphatic heterocycles. The number of carbonyl (C=O) groups excluding carboxylic acids is 1. The van der Waals surface area contributed by atoms with E-state index in [0.29, 0.717) is 29.6 Å². The second-order valence-electron chi connectivity index (χ2n) is 6.29. The van der Waals surface area contributed by atoms with Gasteiger partial charge in [0.1, 0.15) is 9.90 Å². The number of amides is 1. The van der Waals surface area contributed by atoms with Crippen LogP contribution in [-0.2, 0) is 14.8 Å². The molecule has 1 aromatic heterocycles. The number of benzene rings is 1. The highest BCUT2D eigenvalue weighted by Crippen LogP contribution is 2.30. The van der Waals surface area contributed by atoms with Gasteiger partial charge in [-0.25, -0.2) is 0 Å². The third kappa shape index (κ3) is 3.10. The average Bonchev–Trinajstić information content (AvgIpc) is 3.16. The Morgan fingerprint density at radius 2 is 2.12 bits per heavy atom. The summed E-state index contributed by atoms with van der Waals surface area (Å²) in [6.45, 7) is 2.92. The number of sulfonamides is 1. The summed E-state index contributed by atoms with van der Waals surface area (Å²) in [6.07, 6.45) is 1.52. The number of aromatic nitrogens is 2. The number of fused-ring (bicyclic) bond motifs is 1. The Kier molecular flexibility index (Phi) is 4.23. The van der Waals surface area contributed by atoms with Crippen molar-refractivity contribution in [2.75, 3.05) is 18.4 Å². The molecule has 136 valence electrons. The van der Waals surface area contributed by atoms with Gasteiger partial charge in [0.2, 0.25) is 11.0 Å². The van der Waals surface area contributed by atoms with Gasteiger partial charge in [0.25, 0.3) is 10.0 Å². The van der Waals surface area contributed by atoms with Crippen molar-refractivity contribution in [1.29, 1.82) is 0 Å². The molecule has 0 saturated carbocycles. The topological polar surface area (TPSA) is 105 Å². The summed E-state index contributed by atoms with van der Waals surface area (Å²) in [4.78, 5) is 14.7. The molecule has 4 rings (SSSR count). The van der Waals surface area contributed by atoms with E-state index in [-0.39, 0.29) is 16.7 Å². The van der Waals surface area contributed by atoms with Crippen molar-refractivity contribution < 1.29 is 13.2 Å². The first-order valence-electron chi connectivity index (χ1n) is 8.24. The van der Waals surface area contributed by atoms with Crippen LogP contribution in [-0.4, -0.2) is 48.3 Å². The summed E-state index contributed by atoms with van der Waals surface area (Å²) in [5.41, 5.74) is 0.605. The number of hydrogen-bond acceptors (Lipinski definition) is 7. The average molecular weight is 391 g/mol. The normalized spacial score (nSPS) is 21.2. The predicted molar refractivity (Wildman–Crippen MR) is 97.7 cm³/mol. The third-order valence-corrected chi connectivity index (χ3v) is 6.54. The quantitative estimate of drug-likeness (QED) is 0.835. The Labute approximate surface area is 155 Å². The van der Waals surface area contributed by atoms with Crippen molar-refractivity contribution in [3.63, 3.8) is 0 Å². The molecule has 1 amide bonds. The molecule has 2 aromatic rings. The van der Waals surface area contributed by atoms with Crippen LogP contribution in [0.15, 0.2) is 33.6 Å². The highest BCUT2D eigenvalue weighted by Gasteiger charge is 2.35. The van der Waals surface area contributed by atoms with Gasteiger partial charge in [0.15, 0.2) is 5.84 Å². The van der Waals surface area contributed by atoms with Crippen LogP contribution >= 0.6 is 11.3 Å². The number of amidine groups is 1. The number of piperidine rings is 1. The van der Waals surface area contributed by atoms with E-state index in [1.54, 1.807) is 24.3 Å². The molecule has 8 nitrogen and oxygen atoms in total. The lowest BCUT2D eigenvalue weighted by Gasteiger charge is -2.33. The molecule has 1 saturated heterocycles. The van der Waals surface area contributed by atoms with Crippen molar-refractivity contribution in [2.45, 2.75) is 24.7 Å². The molecule has 10 heteroatoms. The van der Waals surface area contributed by atoms with Gasteiger partial charge in [-0.2, -0.15) is 8.42 Å². The van der Waals surface area contributed by atoms with E-state index in [2.05, 4.69) is 19.9 Å². The highest BCUT2D eigenvalue weighted by molar-refractivity contribution is 7.90. The minimum absolute atomic E-state index is 0.124. The fourth-order valence-electron chi connectivity index (χ4n) is 3.25. The molecule has 1 fully saturated rings. The van der Waals surface area contributed by atoms with Crippen LogP contribution in [0.1, 0.15) is 23.4 Å². The summed E-state index contributed by atoms with van der Waals surface area (Å²) in [6, 6.07) is 6.80. The second-order valence-corrected chi connectivity index (χ2v) is 9.04. The Morgan fingerprint density at radius 3 is 2.88 bits per heavy atom. The maximum absolute atomic E-state index is 12.6. The first-order valence-corrected chi connectivity index (χ1v) is 10.5. The molecule has 0 radical (unpaired) electrons.